The van der Waals surface area contributed by atoms with Crippen LogP contribution in [0, 0.1) is 13.8 Å². The lowest BCUT2D eigenvalue weighted by Crippen LogP contribution is -2.28. The summed E-state index contributed by atoms with van der Waals surface area (Å²) in [5.41, 5.74) is 4.42. The largest absolute Gasteiger partial charge is 0.496 e. The van der Waals surface area contributed by atoms with Crippen molar-refractivity contribution in [1.29, 1.82) is 0 Å². The minimum Gasteiger partial charge on any atom is -0.496 e. The van der Waals surface area contributed by atoms with Gasteiger partial charge >= 0.3 is 0 Å². The molecule has 3 heteroatoms. The molecular weight excluding hydrogens is 274 g/mol. The third kappa shape index (κ3) is 3.88. The van der Waals surface area contributed by atoms with Crippen LogP contribution in [0.15, 0.2) is 42.5 Å². The second-order valence-electron chi connectivity index (χ2n) is 5.64. The summed E-state index contributed by atoms with van der Waals surface area (Å²) in [6.07, 6.45) is 0.394. The fourth-order valence-electron chi connectivity index (χ4n) is 2.61. The Hall–Kier alpha value is -2.29. The van der Waals surface area contributed by atoms with Crippen LogP contribution in [0.2, 0.25) is 0 Å². The van der Waals surface area contributed by atoms with Gasteiger partial charge in [0.05, 0.1) is 19.6 Å². The van der Waals surface area contributed by atoms with Crippen LogP contribution in [-0.2, 0) is 11.2 Å². The van der Waals surface area contributed by atoms with Gasteiger partial charge < -0.3 is 10.1 Å². The van der Waals surface area contributed by atoms with Gasteiger partial charge in [-0.1, -0.05) is 42.0 Å². The van der Waals surface area contributed by atoms with Crippen molar-refractivity contribution in [2.24, 2.45) is 0 Å². The van der Waals surface area contributed by atoms with E-state index in [-0.39, 0.29) is 11.9 Å². The highest BCUT2D eigenvalue weighted by molar-refractivity contribution is 5.79. The van der Waals surface area contributed by atoms with Crippen molar-refractivity contribution in [2.75, 3.05) is 7.11 Å². The Labute approximate surface area is 132 Å². The molecule has 22 heavy (non-hydrogen) atoms. The minimum atomic E-state index is -0.0885. The number of carbonyl (C=O) groups excluding carboxylic acids is 1. The Balaban J connectivity index is 2.05. The number of rotatable bonds is 5. The highest BCUT2D eigenvalue weighted by Crippen LogP contribution is 2.24. The summed E-state index contributed by atoms with van der Waals surface area (Å²) < 4.78 is 5.35. The normalized spacial score (nSPS) is 11.8. The lowest BCUT2D eigenvalue weighted by Gasteiger charge is -2.17. The molecule has 0 fully saturated rings. The van der Waals surface area contributed by atoms with Gasteiger partial charge in [0.2, 0.25) is 5.91 Å². The van der Waals surface area contributed by atoms with Crippen LogP contribution < -0.4 is 10.1 Å². The minimum absolute atomic E-state index is 0.0189. The number of ether oxygens (including phenoxy) is 1. The molecule has 0 aliphatic heterocycles. The summed E-state index contributed by atoms with van der Waals surface area (Å²) in [6.45, 7) is 6.07. The molecular formula is C19H23NO2. The molecule has 0 aliphatic rings. The van der Waals surface area contributed by atoms with E-state index in [9.17, 15) is 4.79 Å². The SMILES string of the molecule is COc1ccccc1[C@@H](C)NC(=O)Cc1ccc(C)cc1C. The van der Waals surface area contributed by atoms with E-state index in [1.807, 2.05) is 50.2 Å². The number of aryl methyl sites for hydroxylation is 2. The van der Waals surface area contributed by atoms with Gasteiger partial charge in [0.15, 0.2) is 0 Å². The quantitative estimate of drug-likeness (QED) is 0.913. The molecule has 1 amide bonds. The summed E-state index contributed by atoms with van der Waals surface area (Å²) >= 11 is 0. The standard InChI is InChI=1S/C19H23NO2/c1-13-9-10-16(14(2)11-13)12-19(21)20-15(3)17-7-5-6-8-18(17)22-4/h5-11,15H,12H2,1-4H3,(H,20,21)/t15-/m1/s1. The molecule has 0 saturated heterocycles. The van der Waals surface area contributed by atoms with Gasteiger partial charge in [0, 0.05) is 5.56 Å². The molecule has 0 aliphatic carbocycles. The molecule has 0 aromatic heterocycles. The average Bonchev–Trinajstić information content (AvgIpc) is 2.50. The Bertz CT molecular complexity index is 664. The number of benzene rings is 2. The summed E-state index contributed by atoms with van der Waals surface area (Å²) in [7, 11) is 1.64. The molecule has 1 atom stereocenters. The monoisotopic (exact) mass is 297 g/mol. The molecule has 3 nitrogen and oxygen atoms in total. The van der Waals surface area contributed by atoms with Crippen LogP contribution in [-0.4, -0.2) is 13.0 Å². The predicted octanol–water partition coefficient (Wildman–Crippen LogP) is 3.73. The second kappa shape index (κ2) is 7.12. The molecule has 0 unspecified atom stereocenters. The van der Waals surface area contributed by atoms with Crippen LogP contribution in [0.5, 0.6) is 5.75 Å². The third-order valence-corrected chi connectivity index (χ3v) is 3.83. The van der Waals surface area contributed by atoms with E-state index >= 15 is 0 Å². The summed E-state index contributed by atoms with van der Waals surface area (Å²) in [4.78, 5) is 12.3. The lowest BCUT2D eigenvalue weighted by atomic mass is 10.0. The zero-order chi connectivity index (χ0) is 16.1. The van der Waals surface area contributed by atoms with Gasteiger partial charge in [-0.25, -0.2) is 0 Å². The summed E-state index contributed by atoms with van der Waals surface area (Å²) in [5.74, 6) is 0.812. The number of carbonyl (C=O) groups is 1. The van der Waals surface area contributed by atoms with Crippen molar-refractivity contribution < 1.29 is 9.53 Å². The molecule has 116 valence electrons. The van der Waals surface area contributed by atoms with E-state index in [4.69, 9.17) is 4.74 Å². The van der Waals surface area contributed by atoms with Crippen molar-refractivity contribution in [2.45, 2.75) is 33.2 Å². The van der Waals surface area contributed by atoms with E-state index in [1.54, 1.807) is 7.11 Å². The van der Waals surface area contributed by atoms with Crippen LogP contribution >= 0.6 is 0 Å². The van der Waals surface area contributed by atoms with Gasteiger partial charge in [-0.05, 0) is 38.0 Å². The van der Waals surface area contributed by atoms with Gasteiger partial charge in [-0.3, -0.25) is 4.79 Å². The third-order valence-electron chi connectivity index (χ3n) is 3.83. The Morgan fingerprint density at radius 3 is 2.59 bits per heavy atom. The number of hydrogen-bond acceptors (Lipinski definition) is 2. The van der Waals surface area contributed by atoms with Crippen molar-refractivity contribution in [3.63, 3.8) is 0 Å². The Kier molecular flexibility index (Phi) is 5.21. The number of amides is 1. The highest BCUT2D eigenvalue weighted by atomic mass is 16.5. The predicted molar refractivity (Wildman–Crippen MR) is 89.2 cm³/mol. The maximum absolute atomic E-state index is 12.3. The van der Waals surface area contributed by atoms with Crippen LogP contribution in [0.4, 0.5) is 0 Å². The molecule has 2 aromatic rings. The zero-order valence-electron chi connectivity index (χ0n) is 13.6. The maximum atomic E-state index is 12.3. The van der Waals surface area contributed by atoms with Gasteiger partial charge in [0.25, 0.3) is 0 Å². The fourth-order valence-corrected chi connectivity index (χ4v) is 2.61. The molecule has 0 spiro atoms. The van der Waals surface area contributed by atoms with Gasteiger partial charge in [-0.2, -0.15) is 0 Å². The first kappa shape index (κ1) is 16.1. The molecule has 1 N–H and O–H groups in total. The molecule has 2 aromatic carbocycles. The van der Waals surface area contributed by atoms with Crippen molar-refractivity contribution in [3.8, 4) is 5.75 Å². The topological polar surface area (TPSA) is 38.3 Å². The summed E-state index contributed by atoms with van der Waals surface area (Å²) in [5, 5.41) is 3.04. The van der Waals surface area contributed by atoms with Gasteiger partial charge in [-0.15, -0.1) is 0 Å². The van der Waals surface area contributed by atoms with Crippen molar-refractivity contribution in [1.82, 2.24) is 5.32 Å². The smallest absolute Gasteiger partial charge is 0.224 e. The Morgan fingerprint density at radius 2 is 1.91 bits per heavy atom. The molecule has 0 bridgehead atoms. The van der Waals surface area contributed by atoms with E-state index in [0.29, 0.717) is 6.42 Å². The number of hydrogen-bond donors (Lipinski definition) is 1. The lowest BCUT2D eigenvalue weighted by molar-refractivity contribution is -0.121. The second-order valence-corrected chi connectivity index (χ2v) is 5.64. The van der Waals surface area contributed by atoms with Crippen LogP contribution in [0.3, 0.4) is 0 Å². The molecule has 0 saturated carbocycles. The molecule has 0 radical (unpaired) electrons. The number of para-hydroxylation sites is 1. The highest BCUT2D eigenvalue weighted by Gasteiger charge is 2.14. The van der Waals surface area contributed by atoms with Crippen molar-refractivity contribution >= 4 is 5.91 Å². The summed E-state index contributed by atoms with van der Waals surface area (Å²) in [6, 6.07) is 13.8. The maximum Gasteiger partial charge on any atom is 0.224 e. The van der Waals surface area contributed by atoms with E-state index in [1.165, 1.54) is 5.56 Å². The molecule has 0 heterocycles. The van der Waals surface area contributed by atoms with E-state index in [2.05, 4.69) is 18.3 Å². The van der Waals surface area contributed by atoms with Crippen LogP contribution in [0.1, 0.15) is 35.2 Å². The van der Waals surface area contributed by atoms with E-state index in [0.717, 1.165) is 22.4 Å². The first-order chi connectivity index (χ1) is 10.5. The van der Waals surface area contributed by atoms with Crippen molar-refractivity contribution in [3.05, 3.63) is 64.7 Å². The molecule has 2 rings (SSSR count). The van der Waals surface area contributed by atoms with Gasteiger partial charge in [0.1, 0.15) is 5.75 Å². The zero-order valence-corrected chi connectivity index (χ0v) is 13.6. The number of nitrogens with one attached hydrogen (secondary N) is 1. The first-order valence-electron chi connectivity index (χ1n) is 7.49. The average molecular weight is 297 g/mol. The fraction of sp³-hybridized carbons (Fsp3) is 0.316. The Morgan fingerprint density at radius 1 is 1.18 bits per heavy atom. The van der Waals surface area contributed by atoms with Crippen LogP contribution in [0.25, 0.3) is 0 Å². The van der Waals surface area contributed by atoms with E-state index < -0.39 is 0 Å². The first-order valence-corrected chi connectivity index (χ1v) is 7.49. The number of methoxy groups -OCH3 is 1.